The molecule has 0 amide bonds. The number of hydrogen-bond acceptors (Lipinski definition) is 3. The molecule has 0 saturated carbocycles. The first-order chi connectivity index (χ1) is 8.58. The molecule has 0 aliphatic heterocycles. The number of aromatic nitrogens is 2. The average Bonchev–Trinajstić information content (AvgIpc) is 2.76. The summed E-state index contributed by atoms with van der Waals surface area (Å²) >= 11 is 0. The second kappa shape index (κ2) is 4.91. The zero-order chi connectivity index (χ0) is 13.1. The van der Waals surface area contributed by atoms with Crippen LogP contribution in [-0.4, -0.2) is 21.1 Å². The zero-order valence-corrected chi connectivity index (χ0v) is 9.76. The van der Waals surface area contributed by atoms with Crippen LogP contribution in [0.5, 0.6) is 0 Å². The van der Waals surface area contributed by atoms with E-state index in [-0.39, 0.29) is 23.8 Å². The van der Waals surface area contributed by atoms with Crippen LogP contribution in [-0.2, 0) is 7.05 Å². The Hall–Kier alpha value is -2.30. The maximum Gasteiger partial charge on any atom is 0.205 e. The van der Waals surface area contributed by atoms with Gasteiger partial charge in [0.1, 0.15) is 5.82 Å². The molecule has 0 aliphatic carbocycles. The molecule has 4 nitrogen and oxygen atoms in total. The molecule has 5 heteroatoms. The number of hydrogen-bond donors (Lipinski definition) is 0. The van der Waals surface area contributed by atoms with Crippen LogP contribution in [0.1, 0.15) is 27.4 Å². The van der Waals surface area contributed by atoms with Crippen molar-refractivity contribution in [3.05, 3.63) is 53.9 Å². The van der Waals surface area contributed by atoms with Crippen LogP contribution < -0.4 is 0 Å². The minimum atomic E-state index is -0.415. The standard InChI is InChI=1S/C13H11FN2O2/c1-16-7-6-15-13(16)12(18)8-11(17)9-2-4-10(14)5-3-9/h2-7H,8H2,1H3. The lowest BCUT2D eigenvalue weighted by molar-refractivity contribution is 0.0886. The number of imidazole rings is 1. The molecule has 1 aromatic heterocycles. The monoisotopic (exact) mass is 246 g/mol. The minimum Gasteiger partial charge on any atom is -0.332 e. The van der Waals surface area contributed by atoms with Gasteiger partial charge in [-0.1, -0.05) is 0 Å². The third-order valence-electron chi connectivity index (χ3n) is 2.56. The first kappa shape index (κ1) is 12.2. The van der Waals surface area contributed by atoms with Gasteiger partial charge in [-0.25, -0.2) is 9.37 Å². The summed E-state index contributed by atoms with van der Waals surface area (Å²) in [7, 11) is 1.68. The number of rotatable bonds is 4. The Kier molecular flexibility index (Phi) is 3.32. The van der Waals surface area contributed by atoms with Crippen molar-refractivity contribution in [1.29, 1.82) is 0 Å². The molecule has 0 bridgehead atoms. The number of ketones is 2. The summed E-state index contributed by atoms with van der Waals surface area (Å²) in [5.74, 6) is -0.868. The van der Waals surface area contributed by atoms with E-state index in [4.69, 9.17) is 0 Å². The SMILES string of the molecule is Cn1ccnc1C(=O)CC(=O)c1ccc(F)cc1. The second-order valence-electron chi connectivity index (χ2n) is 3.89. The van der Waals surface area contributed by atoms with E-state index in [1.165, 1.54) is 30.5 Å². The molecule has 1 aromatic carbocycles. The Morgan fingerprint density at radius 2 is 1.89 bits per heavy atom. The van der Waals surface area contributed by atoms with E-state index in [9.17, 15) is 14.0 Å². The van der Waals surface area contributed by atoms with E-state index < -0.39 is 5.82 Å². The normalized spacial score (nSPS) is 10.3. The van der Waals surface area contributed by atoms with Gasteiger partial charge in [0.05, 0.1) is 6.42 Å². The number of benzene rings is 1. The second-order valence-corrected chi connectivity index (χ2v) is 3.89. The molecule has 92 valence electrons. The molecular weight excluding hydrogens is 235 g/mol. The van der Waals surface area contributed by atoms with E-state index in [1.807, 2.05) is 0 Å². The molecule has 0 N–H and O–H groups in total. The van der Waals surface area contributed by atoms with Gasteiger partial charge in [-0.2, -0.15) is 0 Å². The molecule has 0 fully saturated rings. The molecule has 0 aliphatic rings. The van der Waals surface area contributed by atoms with Crippen molar-refractivity contribution in [2.75, 3.05) is 0 Å². The summed E-state index contributed by atoms with van der Waals surface area (Å²) in [5.41, 5.74) is 0.318. The Bertz CT molecular complexity index is 587. The van der Waals surface area contributed by atoms with Crippen molar-refractivity contribution < 1.29 is 14.0 Å². The fraction of sp³-hybridized carbons (Fsp3) is 0.154. The lowest BCUT2D eigenvalue weighted by atomic mass is 10.1. The van der Waals surface area contributed by atoms with Gasteiger partial charge in [-0.05, 0) is 24.3 Å². The highest BCUT2D eigenvalue weighted by atomic mass is 19.1. The number of halogens is 1. The Morgan fingerprint density at radius 3 is 2.44 bits per heavy atom. The summed E-state index contributed by atoms with van der Waals surface area (Å²) in [4.78, 5) is 27.5. The minimum absolute atomic E-state index is 0.241. The summed E-state index contributed by atoms with van der Waals surface area (Å²) in [5, 5.41) is 0. The maximum atomic E-state index is 12.7. The number of carbonyl (C=O) groups excluding carboxylic acids is 2. The van der Waals surface area contributed by atoms with Gasteiger partial charge in [-0.15, -0.1) is 0 Å². The van der Waals surface area contributed by atoms with Crippen LogP contribution in [0.4, 0.5) is 4.39 Å². The van der Waals surface area contributed by atoms with Crippen molar-refractivity contribution in [2.45, 2.75) is 6.42 Å². The first-order valence-electron chi connectivity index (χ1n) is 5.37. The Morgan fingerprint density at radius 1 is 1.22 bits per heavy atom. The first-order valence-corrected chi connectivity index (χ1v) is 5.37. The third-order valence-corrected chi connectivity index (χ3v) is 2.56. The number of aryl methyl sites for hydroxylation is 1. The molecule has 0 atom stereocenters. The van der Waals surface area contributed by atoms with Gasteiger partial charge in [0.15, 0.2) is 11.6 Å². The van der Waals surface area contributed by atoms with Crippen molar-refractivity contribution >= 4 is 11.6 Å². The molecule has 0 radical (unpaired) electrons. The van der Waals surface area contributed by atoms with E-state index in [2.05, 4.69) is 4.98 Å². The number of carbonyl (C=O) groups is 2. The summed E-state index contributed by atoms with van der Waals surface area (Å²) in [6.07, 6.45) is 2.86. The van der Waals surface area contributed by atoms with Crippen LogP contribution in [0, 0.1) is 5.82 Å². The lowest BCUT2D eigenvalue weighted by Gasteiger charge is -2.01. The fourth-order valence-corrected chi connectivity index (χ4v) is 1.60. The highest BCUT2D eigenvalue weighted by Crippen LogP contribution is 2.08. The fourth-order valence-electron chi connectivity index (χ4n) is 1.60. The van der Waals surface area contributed by atoms with Crippen LogP contribution >= 0.6 is 0 Å². The molecule has 0 spiro atoms. The maximum absolute atomic E-state index is 12.7. The largest absolute Gasteiger partial charge is 0.332 e. The molecule has 0 unspecified atom stereocenters. The predicted octanol–water partition coefficient (Wildman–Crippen LogP) is 2.01. The topological polar surface area (TPSA) is 52.0 Å². The molecule has 0 saturated heterocycles. The van der Waals surface area contributed by atoms with Crippen molar-refractivity contribution in [3.63, 3.8) is 0 Å². The molecule has 2 aromatic rings. The molecular formula is C13H11FN2O2. The van der Waals surface area contributed by atoms with Crippen LogP contribution in [0.15, 0.2) is 36.7 Å². The van der Waals surface area contributed by atoms with Crippen LogP contribution in [0.2, 0.25) is 0 Å². The molecule has 1 heterocycles. The summed E-state index contributed by atoms with van der Waals surface area (Å²) in [6, 6.07) is 5.11. The predicted molar refractivity (Wildman–Crippen MR) is 62.9 cm³/mol. The van der Waals surface area contributed by atoms with E-state index >= 15 is 0 Å². The van der Waals surface area contributed by atoms with Crippen molar-refractivity contribution in [2.24, 2.45) is 7.05 Å². The van der Waals surface area contributed by atoms with Gasteiger partial charge < -0.3 is 4.57 Å². The van der Waals surface area contributed by atoms with Gasteiger partial charge in [0.25, 0.3) is 0 Å². The van der Waals surface area contributed by atoms with Crippen LogP contribution in [0.3, 0.4) is 0 Å². The van der Waals surface area contributed by atoms with Gasteiger partial charge in [0, 0.05) is 25.0 Å². The number of Topliss-reactive ketones (excluding diaryl/α,β-unsaturated/α-hetero) is 2. The Balaban J connectivity index is 2.10. The zero-order valence-electron chi connectivity index (χ0n) is 9.76. The smallest absolute Gasteiger partial charge is 0.205 e. The average molecular weight is 246 g/mol. The van der Waals surface area contributed by atoms with Crippen molar-refractivity contribution in [3.8, 4) is 0 Å². The van der Waals surface area contributed by atoms with E-state index in [1.54, 1.807) is 17.8 Å². The van der Waals surface area contributed by atoms with E-state index in [0.717, 1.165) is 0 Å². The third kappa shape index (κ3) is 2.51. The number of nitrogens with zero attached hydrogens (tertiary/aromatic N) is 2. The lowest BCUT2D eigenvalue weighted by Crippen LogP contribution is -2.12. The summed E-state index contributed by atoms with van der Waals surface area (Å²) < 4.78 is 14.3. The van der Waals surface area contributed by atoms with Gasteiger partial charge in [-0.3, -0.25) is 9.59 Å². The molecule has 18 heavy (non-hydrogen) atoms. The molecule has 2 rings (SSSR count). The summed E-state index contributed by atoms with van der Waals surface area (Å²) in [6.45, 7) is 0. The quantitative estimate of drug-likeness (QED) is 0.612. The van der Waals surface area contributed by atoms with Gasteiger partial charge >= 0.3 is 0 Å². The van der Waals surface area contributed by atoms with Gasteiger partial charge in [0.2, 0.25) is 5.78 Å². The highest BCUT2D eigenvalue weighted by Gasteiger charge is 2.16. The Labute approximate surface area is 103 Å². The highest BCUT2D eigenvalue weighted by molar-refractivity contribution is 6.12. The van der Waals surface area contributed by atoms with Crippen molar-refractivity contribution in [1.82, 2.24) is 9.55 Å². The van der Waals surface area contributed by atoms with Crippen LogP contribution in [0.25, 0.3) is 0 Å². The van der Waals surface area contributed by atoms with E-state index in [0.29, 0.717) is 5.56 Å².